The number of allylic oxidation sites excluding steroid dienone is 2. The molecule has 1 heterocycles. The van der Waals surface area contributed by atoms with Gasteiger partial charge in [0.2, 0.25) is 0 Å². The van der Waals surface area contributed by atoms with Gasteiger partial charge in [0.1, 0.15) is 0 Å². The van der Waals surface area contributed by atoms with Crippen molar-refractivity contribution in [2.24, 2.45) is 0 Å². The molecule has 0 aliphatic rings. The number of anilines is 1. The molecule has 2 aromatic rings. The molecule has 4 heteroatoms. The lowest BCUT2D eigenvalue weighted by Crippen LogP contribution is -2.11. The second kappa shape index (κ2) is 5.63. The standard InChI is InChI=1S/C15H14N2OS/c1-4-10(2)12-5-7-13(8-6-12)14(18)17-15-16-11(3)9-19-15/h4-9H,1-2H2,3H3,(H,16,17,18). The van der Waals surface area contributed by atoms with Gasteiger partial charge >= 0.3 is 0 Å². The highest BCUT2D eigenvalue weighted by Gasteiger charge is 2.08. The van der Waals surface area contributed by atoms with E-state index in [-0.39, 0.29) is 5.91 Å². The maximum absolute atomic E-state index is 12.0. The Morgan fingerprint density at radius 3 is 2.47 bits per heavy atom. The normalized spacial score (nSPS) is 9.95. The molecule has 0 atom stereocenters. The van der Waals surface area contributed by atoms with E-state index < -0.39 is 0 Å². The second-order valence-electron chi connectivity index (χ2n) is 4.05. The summed E-state index contributed by atoms with van der Waals surface area (Å²) in [5, 5.41) is 5.28. The van der Waals surface area contributed by atoms with Crippen LogP contribution in [0.1, 0.15) is 21.6 Å². The molecule has 0 unspecified atom stereocenters. The first-order chi connectivity index (χ1) is 9.10. The van der Waals surface area contributed by atoms with Crippen LogP contribution >= 0.6 is 11.3 Å². The Balaban J connectivity index is 2.11. The zero-order valence-electron chi connectivity index (χ0n) is 10.6. The van der Waals surface area contributed by atoms with Crippen molar-refractivity contribution in [3.8, 4) is 0 Å². The Kier molecular flexibility index (Phi) is 3.92. The molecule has 1 aromatic heterocycles. The number of nitrogens with zero attached hydrogens (tertiary/aromatic N) is 1. The Morgan fingerprint density at radius 2 is 1.95 bits per heavy atom. The summed E-state index contributed by atoms with van der Waals surface area (Å²) in [5.41, 5.74) is 3.28. The van der Waals surface area contributed by atoms with Crippen LogP contribution in [0, 0.1) is 6.92 Å². The molecule has 1 aromatic carbocycles. The number of hydrogen-bond donors (Lipinski definition) is 1. The van der Waals surface area contributed by atoms with Crippen molar-refractivity contribution in [1.82, 2.24) is 4.98 Å². The maximum atomic E-state index is 12.0. The number of carbonyl (C=O) groups is 1. The largest absolute Gasteiger partial charge is 0.298 e. The Hall–Kier alpha value is -2.20. The number of rotatable bonds is 4. The summed E-state index contributed by atoms with van der Waals surface area (Å²) in [6, 6.07) is 7.23. The van der Waals surface area contributed by atoms with Crippen LogP contribution in [0.25, 0.3) is 5.57 Å². The molecule has 2 rings (SSSR count). The van der Waals surface area contributed by atoms with E-state index in [0.717, 1.165) is 16.8 Å². The zero-order valence-corrected chi connectivity index (χ0v) is 11.5. The molecule has 0 fully saturated rings. The van der Waals surface area contributed by atoms with Crippen LogP contribution in [0.5, 0.6) is 0 Å². The summed E-state index contributed by atoms with van der Waals surface area (Å²) >= 11 is 1.41. The van der Waals surface area contributed by atoms with Gasteiger partial charge in [0.05, 0.1) is 5.69 Å². The van der Waals surface area contributed by atoms with Crippen LogP contribution in [0.3, 0.4) is 0 Å². The number of benzene rings is 1. The minimum absolute atomic E-state index is 0.162. The van der Waals surface area contributed by atoms with E-state index in [0.29, 0.717) is 10.7 Å². The van der Waals surface area contributed by atoms with Gasteiger partial charge in [0.25, 0.3) is 5.91 Å². The highest BCUT2D eigenvalue weighted by Crippen LogP contribution is 2.17. The second-order valence-corrected chi connectivity index (χ2v) is 4.91. The van der Waals surface area contributed by atoms with Crippen molar-refractivity contribution in [3.05, 3.63) is 65.7 Å². The molecule has 0 radical (unpaired) electrons. The lowest BCUT2D eigenvalue weighted by atomic mass is 10.1. The van der Waals surface area contributed by atoms with Gasteiger partial charge < -0.3 is 0 Å². The van der Waals surface area contributed by atoms with Crippen molar-refractivity contribution in [1.29, 1.82) is 0 Å². The van der Waals surface area contributed by atoms with Crippen molar-refractivity contribution >= 4 is 27.9 Å². The summed E-state index contributed by atoms with van der Waals surface area (Å²) in [5.74, 6) is -0.162. The van der Waals surface area contributed by atoms with Gasteiger partial charge in [-0.3, -0.25) is 10.1 Å². The number of hydrogen-bond acceptors (Lipinski definition) is 3. The molecule has 0 aliphatic carbocycles. The first-order valence-electron chi connectivity index (χ1n) is 5.75. The van der Waals surface area contributed by atoms with Crippen LogP contribution in [0.2, 0.25) is 0 Å². The SMILES string of the molecule is C=CC(=C)c1ccc(C(=O)Nc2nc(C)cs2)cc1. The number of aromatic nitrogens is 1. The molecule has 0 aliphatic heterocycles. The topological polar surface area (TPSA) is 42.0 Å². The van der Waals surface area contributed by atoms with Gasteiger partial charge in [-0.1, -0.05) is 31.4 Å². The van der Waals surface area contributed by atoms with Gasteiger partial charge in [0.15, 0.2) is 5.13 Å². The molecule has 0 spiro atoms. The fourth-order valence-corrected chi connectivity index (χ4v) is 2.22. The number of amides is 1. The lowest BCUT2D eigenvalue weighted by Gasteiger charge is -2.04. The molecule has 1 amide bonds. The van der Waals surface area contributed by atoms with Gasteiger partial charge in [0, 0.05) is 10.9 Å². The van der Waals surface area contributed by atoms with E-state index in [2.05, 4.69) is 23.5 Å². The maximum Gasteiger partial charge on any atom is 0.257 e. The van der Waals surface area contributed by atoms with Crippen LogP contribution in [0.15, 0.2) is 48.9 Å². The average molecular weight is 270 g/mol. The fourth-order valence-electron chi connectivity index (χ4n) is 1.53. The number of aryl methyl sites for hydroxylation is 1. The van der Waals surface area contributed by atoms with Crippen molar-refractivity contribution in [2.45, 2.75) is 6.92 Å². The van der Waals surface area contributed by atoms with Crippen LogP contribution in [0.4, 0.5) is 5.13 Å². The number of carbonyl (C=O) groups excluding carboxylic acids is 1. The number of thiazole rings is 1. The molecule has 19 heavy (non-hydrogen) atoms. The first kappa shape index (κ1) is 13.2. The Bertz CT molecular complexity index is 626. The molecule has 96 valence electrons. The van der Waals surface area contributed by atoms with Crippen molar-refractivity contribution in [3.63, 3.8) is 0 Å². The van der Waals surface area contributed by atoms with Gasteiger partial charge in [-0.05, 0) is 30.2 Å². The van der Waals surface area contributed by atoms with Crippen molar-refractivity contribution in [2.75, 3.05) is 5.32 Å². The molecular formula is C15H14N2OS. The summed E-state index contributed by atoms with van der Waals surface area (Å²) < 4.78 is 0. The van der Waals surface area contributed by atoms with E-state index >= 15 is 0 Å². The first-order valence-corrected chi connectivity index (χ1v) is 6.63. The molecule has 0 saturated carbocycles. The van der Waals surface area contributed by atoms with Gasteiger partial charge in [-0.25, -0.2) is 4.98 Å². The predicted octanol–water partition coefficient (Wildman–Crippen LogP) is 3.90. The lowest BCUT2D eigenvalue weighted by molar-refractivity contribution is 0.102. The van der Waals surface area contributed by atoms with Gasteiger partial charge in [-0.15, -0.1) is 11.3 Å². The third-order valence-electron chi connectivity index (χ3n) is 2.60. The zero-order chi connectivity index (χ0) is 13.8. The van der Waals surface area contributed by atoms with Crippen molar-refractivity contribution < 1.29 is 4.79 Å². The van der Waals surface area contributed by atoms with Gasteiger partial charge in [-0.2, -0.15) is 0 Å². The average Bonchev–Trinajstić information content (AvgIpc) is 2.83. The van der Waals surface area contributed by atoms with Crippen LogP contribution in [-0.2, 0) is 0 Å². The predicted molar refractivity (Wildman–Crippen MR) is 80.5 cm³/mol. The van der Waals surface area contributed by atoms with E-state index in [1.807, 2.05) is 24.4 Å². The number of nitrogens with one attached hydrogen (secondary N) is 1. The molecule has 3 nitrogen and oxygen atoms in total. The summed E-state index contributed by atoms with van der Waals surface area (Å²) in [4.78, 5) is 16.2. The van der Waals surface area contributed by atoms with E-state index in [4.69, 9.17) is 0 Å². The molecule has 1 N–H and O–H groups in total. The summed E-state index contributed by atoms with van der Waals surface area (Å²) in [7, 11) is 0. The molecular weight excluding hydrogens is 256 g/mol. The van der Waals surface area contributed by atoms with E-state index in [9.17, 15) is 4.79 Å². The highest BCUT2D eigenvalue weighted by molar-refractivity contribution is 7.13. The Morgan fingerprint density at radius 1 is 1.32 bits per heavy atom. The highest BCUT2D eigenvalue weighted by atomic mass is 32.1. The van der Waals surface area contributed by atoms with Crippen LogP contribution < -0.4 is 5.32 Å². The molecule has 0 bridgehead atoms. The minimum atomic E-state index is -0.162. The third kappa shape index (κ3) is 3.17. The quantitative estimate of drug-likeness (QED) is 0.856. The summed E-state index contributed by atoms with van der Waals surface area (Å²) in [6.45, 7) is 9.42. The molecule has 0 saturated heterocycles. The Labute approximate surface area is 116 Å². The monoisotopic (exact) mass is 270 g/mol. The smallest absolute Gasteiger partial charge is 0.257 e. The summed E-state index contributed by atoms with van der Waals surface area (Å²) in [6.07, 6.45) is 1.69. The fraction of sp³-hybridized carbons (Fsp3) is 0.0667. The van der Waals surface area contributed by atoms with Crippen LogP contribution in [-0.4, -0.2) is 10.9 Å². The van der Waals surface area contributed by atoms with E-state index in [1.54, 1.807) is 18.2 Å². The van der Waals surface area contributed by atoms with E-state index in [1.165, 1.54) is 11.3 Å². The third-order valence-corrected chi connectivity index (χ3v) is 3.48. The minimum Gasteiger partial charge on any atom is -0.298 e.